The van der Waals surface area contributed by atoms with Crippen molar-refractivity contribution < 1.29 is 13.2 Å². The quantitative estimate of drug-likeness (QED) is 0.799. The molecule has 0 aromatic heterocycles. The zero-order valence-corrected chi connectivity index (χ0v) is 15.9. The number of aryl methyl sites for hydroxylation is 1. The normalized spacial score (nSPS) is 11.6. The van der Waals surface area contributed by atoms with Crippen LogP contribution in [0.5, 0.6) is 0 Å². The minimum Gasteiger partial charge on any atom is -0.322 e. The largest absolute Gasteiger partial charge is 0.322 e. The van der Waals surface area contributed by atoms with Gasteiger partial charge in [-0.3, -0.25) is 4.79 Å². The molecule has 0 spiro atoms. The van der Waals surface area contributed by atoms with Gasteiger partial charge in [0.2, 0.25) is 10.0 Å². The molecule has 134 valence electrons. The highest BCUT2D eigenvalue weighted by Gasteiger charge is 2.17. The number of anilines is 1. The fourth-order valence-corrected chi connectivity index (χ4v) is 3.61. The highest BCUT2D eigenvalue weighted by Crippen LogP contribution is 2.21. The summed E-state index contributed by atoms with van der Waals surface area (Å²) in [7, 11) is -3.65. The van der Waals surface area contributed by atoms with Crippen LogP contribution < -0.4 is 10.0 Å². The summed E-state index contributed by atoms with van der Waals surface area (Å²) in [6.45, 7) is 6.00. The van der Waals surface area contributed by atoms with E-state index in [-0.39, 0.29) is 22.3 Å². The van der Waals surface area contributed by atoms with Crippen molar-refractivity contribution in [3.63, 3.8) is 0 Å². The molecule has 2 rings (SSSR count). The molecule has 5 nitrogen and oxygen atoms in total. The predicted octanol–water partition coefficient (Wildman–Crippen LogP) is 3.84. The number of carbonyl (C=O) groups is 1. The topological polar surface area (TPSA) is 75.3 Å². The fraction of sp³-hybridized carbons (Fsp3) is 0.278. The van der Waals surface area contributed by atoms with Gasteiger partial charge in [-0.25, -0.2) is 13.1 Å². The van der Waals surface area contributed by atoms with Crippen molar-refractivity contribution in [2.45, 2.75) is 25.7 Å². The first kappa shape index (κ1) is 19.4. The first-order valence-electron chi connectivity index (χ1n) is 7.86. The Morgan fingerprint density at radius 3 is 2.52 bits per heavy atom. The second-order valence-electron chi connectivity index (χ2n) is 6.19. The van der Waals surface area contributed by atoms with E-state index in [9.17, 15) is 13.2 Å². The maximum atomic E-state index is 12.4. The third-order valence-electron chi connectivity index (χ3n) is 3.52. The van der Waals surface area contributed by atoms with Crippen LogP contribution in [-0.2, 0) is 10.0 Å². The summed E-state index contributed by atoms with van der Waals surface area (Å²) in [6.07, 6.45) is 0. The Bertz CT molecular complexity index is 880. The molecule has 0 saturated heterocycles. The molecular weight excluding hydrogens is 360 g/mol. The van der Waals surface area contributed by atoms with Gasteiger partial charge in [0.25, 0.3) is 5.91 Å². The average molecular weight is 381 g/mol. The Balaban J connectivity index is 2.21. The van der Waals surface area contributed by atoms with Crippen molar-refractivity contribution in [1.82, 2.24) is 4.72 Å². The third kappa shape index (κ3) is 5.29. The predicted molar refractivity (Wildman–Crippen MR) is 101 cm³/mol. The first-order chi connectivity index (χ1) is 11.7. The van der Waals surface area contributed by atoms with Crippen LogP contribution in [0.1, 0.15) is 29.8 Å². The highest BCUT2D eigenvalue weighted by atomic mass is 35.5. The molecule has 7 heteroatoms. The van der Waals surface area contributed by atoms with Crippen LogP contribution in [0.2, 0.25) is 5.02 Å². The minimum atomic E-state index is -3.65. The van der Waals surface area contributed by atoms with Crippen LogP contribution >= 0.6 is 11.6 Å². The van der Waals surface area contributed by atoms with E-state index >= 15 is 0 Å². The molecule has 0 aliphatic carbocycles. The van der Waals surface area contributed by atoms with Crippen molar-refractivity contribution in [3.05, 3.63) is 58.6 Å². The Morgan fingerprint density at radius 2 is 1.88 bits per heavy atom. The monoisotopic (exact) mass is 380 g/mol. The Kier molecular flexibility index (Phi) is 6.21. The van der Waals surface area contributed by atoms with Crippen LogP contribution in [0.4, 0.5) is 5.69 Å². The van der Waals surface area contributed by atoms with Gasteiger partial charge in [0, 0.05) is 22.8 Å². The molecule has 2 aromatic carbocycles. The van der Waals surface area contributed by atoms with E-state index in [0.717, 1.165) is 5.56 Å². The molecule has 0 atom stereocenters. The van der Waals surface area contributed by atoms with E-state index in [1.54, 1.807) is 30.3 Å². The smallest absolute Gasteiger partial charge is 0.255 e. The number of rotatable bonds is 6. The molecule has 0 unspecified atom stereocenters. The number of benzene rings is 2. The average Bonchev–Trinajstić information content (AvgIpc) is 2.56. The van der Waals surface area contributed by atoms with Crippen molar-refractivity contribution in [3.8, 4) is 0 Å². The fourth-order valence-electron chi connectivity index (χ4n) is 2.13. The lowest BCUT2D eigenvalue weighted by Gasteiger charge is -2.11. The summed E-state index contributed by atoms with van der Waals surface area (Å²) in [5, 5.41) is 3.35. The van der Waals surface area contributed by atoms with Crippen LogP contribution in [0, 0.1) is 12.8 Å². The number of carbonyl (C=O) groups excluding carboxylic acids is 1. The van der Waals surface area contributed by atoms with Gasteiger partial charge in [0.1, 0.15) is 0 Å². The maximum absolute atomic E-state index is 12.4. The van der Waals surface area contributed by atoms with E-state index in [0.29, 0.717) is 17.3 Å². The molecule has 0 bridgehead atoms. The molecule has 0 aliphatic heterocycles. The van der Waals surface area contributed by atoms with Crippen molar-refractivity contribution >= 4 is 33.2 Å². The summed E-state index contributed by atoms with van der Waals surface area (Å²) >= 11 is 5.91. The summed E-state index contributed by atoms with van der Waals surface area (Å²) in [4.78, 5) is 12.5. The number of sulfonamides is 1. The van der Waals surface area contributed by atoms with Gasteiger partial charge in [0.05, 0.1) is 4.90 Å². The van der Waals surface area contributed by atoms with Crippen molar-refractivity contribution in [1.29, 1.82) is 0 Å². The van der Waals surface area contributed by atoms with E-state index in [1.807, 2.05) is 20.8 Å². The lowest BCUT2D eigenvalue weighted by atomic mass is 10.1. The van der Waals surface area contributed by atoms with E-state index in [1.165, 1.54) is 12.1 Å². The van der Waals surface area contributed by atoms with Gasteiger partial charge in [-0.05, 0) is 54.8 Å². The maximum Gasteiger partial charge on any atom is 0.255 e. The zero-order valence-electron chi connectivity index (χ0n) is 14.3. The molecule has 2 aromatic rings. The molecular formula is C18H21ClN2O3S. The Hall–Kier alpha value is -1.89. The Morgan fingerprint density at radius 1 is 1.16 bits per heavy atom. The molecule has 0 saturated carbocycles. The first-order valence-corrected chi connectivity index (χ1v) is 9.72. The molecule has 1 amide bonds. The number of halogens is 1. The van der Waals surface area contributed by atoms with Crippen molar-refractivity contribution in [2.24, 2.45) is 5.92 Å². The van der Waals surface area contributed by atoms with Gasteiger partial charge in [-0.1, -0.05) is 31.5 Å². The number of amides is 1. The third-order valence-corrected chi connectivity index (χ3v) is 5.18. The van der Waals surface area contributed by atoms with E-state index < -0.39 is 10.0 Å². The second kappa shape index (κ2) is 7.99. The molecule has 0 radical (unpaired) electrons. The van der Waals surface area contributed by atoms with Crippen LogP contribution in [0.25, 0.3) is 0 Å². The van der Waals surface area contributed by atoms with Gasteiger partial charge >= 0.3 is 0 Å². The van der Waals surface area contributed by atoms with Gasteiger partial charge < -0.3 is 5.32 Å². The lowest BCUT2D eigenvalue weighted by Crippen LogP contribution is -2.27. The standard InChI is InChI=1S/C18H21ClN2O3S/c1-12(2)11-20-25(23,24)16-6-4-5-14(10-16)18(22)21-17-8-7-15(19)9-13(17)3/h4-10,12,20H,11H2,1-3H3,(H,21,22). The number of nitrogens with one attached hydrogen (secondary N) is 2. The van der Waals surface area contributed by atoms with Gasteiger partial charge in [0.15, 0.2) is 0 Å². The molecule has 0 heterocycles. The SMILES string of the molecule is Cc1cc(Cl)ccc1NC(=O)c1cccc(S(=O)(=O)NCC(C)C)c1. The summed E-state index contributed by atoms with van der Waals surface area (Å²) in [5.41, 5.74) is 1.71. The van der Waals surface area contributed by atoms with Gasteiger partial charge in [-0.2, -0.15) is 0 Å². The van der Waals surface area contributed by atoms with Crippen molar-refractivity contribution in [2.75, 3.05) is 11.9 Å². The molecule has 0 aliphatic rings. The zero-order chi connectivity index (χ0) is 18.6. The lowest BCUT2D eigenvalue weighted by molar-refractivity contribution is 0.102. The van der Waals surface area contributed by atoms with Crippen LogP contribution in [0.15, 0.2) is 47.4 Å². The molecule has 0 fully saturated rings. The van der Waals surface area contributed by atoms with Crippen LogP contribution in [-0.4, -0.2) is 20.9 Å². The van der Waals surface area contributed by atoms with Crippen LogP contribution in [0.3, 0.4) is 0 Å². The minimum absolute atomic E-state index is 0.0635. The molecule has 2 N–H and O–H groups in total. The van der Waals surface area contributed by atoms with E-state index in [4.69, 9.17) is 11.6 Å². The molecule has 25 heavy (non-hydrogen) atoms. The summed E-state index contributed by atoms with van der Waals surface area (Å²) in [6, 6.07) is 11.1. The highest BCUT2D eigenvalue weighted by molar-refractivity contribution is 7.89. The summed E-state index contributed by atoms with van der Waals surface area (Å²) in [5.74, 6) is -0.194. The Labute approximate surface area is 153 Å². The number of hydrogen-bond donors (Lipinski definition) is 2. The second-order valence-corrected chi connectivity index (χ2v) is 8.39. The van der Waals surface area contributed by atoms with E-state index in [2.05, 4.69) is 10.0 Å². The number of hydrogen-bond acceptors (Lipinski definition) is 3. The summed E-state index contributed by atoms with van der Waals surface area (Å²) < 4.78 is 27.1. The van der Waals surface area contributed by atoms with Gasteiger partial charge in [-0.15, -0.1) is 0 Å².